The molecule has 0 radical (unpaired) electrons. The van der Waals surface area contributed by atoms with E-state index in [4.69, 9.17) is 16.3 Å². The van der Waals surface area contributed by atoms with Gasteiger partial charge in [-0.25, -0.2) is 0 Å². The van der Waals surface area contributed by atoms with E-state index >= 15 is 0 Å². The summed E-state index contributed by atoms with van der Waals surface area (Å²) in [6.07, 6.45) is 1.47. The Bertz CT molecular complexity index is 850. The number of carbonyl (C=O) groups excluding carboxylic acids is 1. The van der Waals surface area contributed by atoms with Crippen molar-refractivity contribution in [3.63, 3.8) is 0 Å². The van der Waals surface area contributed by atoms with E-state index in [1.807, 2.05) is 41.3 Å². The second-order valence-corrected chi connectivity index (χ2v) is 7.77. The van der Waals surface area contributed by atoms with Crippen LogP contribution in [0.25, 0.3) is 0 Å². The molecule has 0 saturated carbocycles. The van der Waals surface area contributed by atoms with Gasteiger partial charge in [-0.2, -0.15) is 0 Å². The number of aliphatic imine (C=N–C) groups is 1. The maximum atomic E-state index is 12.3. The fourth-order valence-corrected chi connectivity index (χ4v) is 3.65. The average molecular weight is 557 g/mol. The summed E-state index contributed by atoms with van der Waals surface area (Å²) in [5, 5.41) is 7.20. The summed E-state index contributed by atoms with van der Waals surface area (Å²) in [5.74, 6) is 1.97. The molecule has 1 heterocycles. The minimum atomic E-state index is 0. The Morgan fingerprint density at radius 1 is 1.19 bits per heavy atom. The maximum Gasteiger partial charge on any atom is 0.223 e. The van der Waals surface area contributed by atoms with Gasteiger partial charge >= 0.3 is 0 Å². The first-order valence-electron chi connectivity index (χ1n) is 10.3. The number of nitrogens with zero attached hydrogens (tertiary/aromatic N) is 2. The minimum absolute atomic E-state index is 0. The zero-order valence-corrected chi connectivity index (χ0v) is 20.8. The van der Waals surface area contributed by atoms with Crippen LogP contribution >= 0.6 is 35.6 Å². The number of ether oxygens (including phenoxy) is 1. The highest BCUT2D eigenvalue weighted by Crippen LogP contribution is 2.18. The van der Waals surface area contributed by atoms with Gasteiger partial charge in [0.15, 0.2) is 5.96 Å². The Morgan fingerprint density at radius 3 is 2.74 bits per heavy atom. The summed E-state index contributed by atoms with van der Waals surface area (Å²) >= 11 is 5.95. The average Bonchev–Trinajstić information content (AvgIpc) is 3.12. The number of carbonyl (C=O) groups is 1. The van der Waals surface area contributed by atoms with Gasteiger partial charge in [-0.05, 0) is 30.2 Å². The number of rotatable bonds is 9. The molecule has 2 N–H and O–H groups in total. The SMILES string of the molecule is CN=C(NCCOc1cccc(Cl)c1)NCC1CC(=O)N(CCc2ccccc2)C1.I. The van der Waals surface area contributed by atoms with Gasteiger partial charge in [0, 0.05) is 44.0 Å². The molecular weight excluding hydrogens is 527 g/mol. The largest absolute Gasteiger partial charge is 0.492 e. The van der Waals surface area contributed by atoms with E-state index in [0.717, 1.165) is 25.3 Å². The van der Waals surface area contributed by atoms with Crippen molar-refractivity contribution in [2.24, 2.45) is 10.9 Å². The number of hydrogen-bond donors (Lipinski definition) is 2. The number of guanidine groups is 1. The molecule has 1 fully saturated rings. The molecule has 0 aromatic heterocycles. The van der Waals surface area contributed by atoms with Crippen LogP contribution < -0.4 is 15.4 Å². The second kappa shape index (κ2) is 13.4. The summed E-state index contributed by atoms with van der Waals surface area (Å²) in [7, 11) is 1.74. The first kappa shape index (κ1) is 25.3. The highest BCUT2D eigenvalue weighted by molar-refractivity contribution is 14.0. The second-order valence-electron chi connectivity index (χ2n) is 7.33. The number of likely N-dealkylation sites (tertiary alicyclic amines) is 1. The fraction of sp³-hybridized carbons (Fsp3) is 0.391. The molecule has 1 amide bonds. The molecule has 1 aliphatic heterocycles. The van der Waals surface area contributed by atoms with E-state index < -0.39 is 0 Å². The van der Waals surface area contributed by atoms with Crippen molar-refractivity contribution in [3.05, 3.63) is 65.2 Å². The van der Waals surface area contributed by atoms with E-state index in [0.29, 0.717) is 37.1 Å². The topological polar surface area (TPSA) is 66.0 Å². The maximum absolute atomic E-state index is 12.3. The van der Waals surface area contributed by atoms with Gasteiger partial charge in [0.2, 0.25) is 5.91 Å². The first-order chi connectivity index (χ1) is 14.6. The zero-order chi connectivity index (χ0) is 21.2. The molecule has 0 spiro atoms. The predicted octanol–water partition coefficient (Wildman–Crippen LogP) is 3.59. The van der Waals surface area contributed by atoms with Gasteiger partial charge in [-0.1, -0.05) is 48.0 Å². The van der Waals surface area contributed by atoms with Crippen LogP contribution in [0.15, 0.2) is 59.6 Å². The Labute approximate surface area is 206 Å². The third-order valence-electron chi connectivity index (χ3n) is 5.05. The minimum Gasteiger partial charge on any atom is -0.492 e. The summed E-state index contributed by atoms with van der Waals surface area (Å²) in [6, 6.07) is 17.6. The van der Waals surface area contributed by atoms with Crippen LogP contribution in [0.2, 0.25) is 5.02 Å². The lowest BCUT2D eigenvalue weighted by Crippen LogP contribution is -2.41. The number of amides is 1. The van der Waals surface area contributed by atoms with Gasteiger partial charge in [-0.15, -0.1) is 24.0 Å². The summed E-state index contributed by atoms with van der Waals surface area (Å²) in [5.41, 5.74) is 1.26. The van der Waals surface area contributed by atoms with Gasteiger partial charge in [0.1, 0.15) is 12.4 Å². The van der Waals surface area contributed by atoms with Crippen molar-refractivity contribution >= 4 is 47.4 Å². The monoisotopic (exact) mass is 556 g/mol. The van der Waals surface area contributed by atoms with Crippen LogP contribution in [0.3, 0.4) is 0 Å². The molecule has 0 bridgehead atoms. The number of benzene rings is 2. The van der Waals surface area contributed by atoms with Crippen LogP contribution in [0.4, 0.5) is 0 Å². The van der Waals surface area contributed by atoms with Gasteiger partial charge in [0.25, 0.3) is 0 Å². The van der Waals surface area contributed by atoms with Crippen LogP contribution in [-0.2, 0) is 11.2 Å². The van der Waals surface area contributed by atoms with Crippen molar-refractivity contribution in [3.8, 4) is 5.75 Å². The van der Waals surface area contributed by atoms with E-state index in [1.54, 1.807) is 13.1 Å². The first-order valence-corrected chi connectivity index (χ1v) is 10.7. The number of hydrogen-bond acceptors (Lipinski definition) is 3. The molecule has 1 saturated heterocycles. The lowest BCUT2D eigenvalue weighted by atomic mass is 10.1. The quantitative estimate of drug-likeness (QED) is 0.214. The molecule has 168 valence electrons. The van der Waals surface area contributed by atoms with Crippen molar-refractivity contribution in [1.29, 1.82) is 0 Å². The van der Waals surface area contributed by atoms with Gasteiger partial charge in [0.05, 0.1) is 6.54 Å². The Hall–Kier alpha value is -2.00. The van der Waals surface area contributed by atoms with Gasteiger partial charge < -0.3 is 20.3 Å². The smallest absolute Gasteiger partial charge is 0.223 e. The van der Waals surface area contributed by atoms with Crippen molar-refractivity contribution in [1.82, 2.24) is 15.5 Å². The molecule has 1 atom stereocenters. The fourth-order valence-electron chi connectivity index (χ4n) is 3.47. The van der Waals surface area contributed by atoms with Crippen LogP contribution in [0.1, 0.15) is 12.0 Å². The van der Waals surface area contributed by atoms with E-state index in [1.165, 1.54) is 5.56 Å². The van der Waals surface area contributed by atoms with E-state index in [-0.39, 0.29) is 35.8 Å². The molecule has 2 aromatic rings. The summed E-state index contributed by atoms with van der Waals surface area (Å²) < 4.78 is 5.67. The molecule has 0 aliphatic carbocycles. The molecular formula is C23H30ClIN4O2. The van der Waals surface area contributed by atoms with Crippen molar-refractivity contribution < 1.29 is 9.53 Å². The molecule has 1 unspecified atom stereocenters. The Balaban J connectivity index is 0.00000341. The number of halogens is 2. The molecule has 1 aliphatic rings. The third-order valence-corrected chi connectivity index (χ3v) is 5.28. The summed E-state index contributed by atoms with van der Waals surface area (Å²) in [6.45, 7) is 3.37. The number of nitrogens with one attached hydrogen (secondary N) is 2. The molecule has 8 heteroatoms. The normalized spacial score (nSPS) is 16.1. The highest BCUT2D eigenvalue weighted by Gasteiger charge is 2.29. The lowest BCUT2D eigenvalue weighted by Gasteiger charge is -2.18. The van der Waals surface area contributed by atoms with Crippen molar-refractivity contribution in [2.45, 2.75) is 12.8 Å². The third kappa shape index (κ3) is 8.57. The van der Waals surface area contributed by atoms with Crippen LogP contribution in [0, 0.1) is 5.92 Å². The highest BCUT2D eigenvalue weighted by atomic mass is 127. The van der Waals surface area contributed by atoms with Gasteiger partial charge in [-0.3, -0.25) is 9.79 Å². The summed E-state index contributed by atoms with van der Waals surface area (Å²) in [4.78, 5) is 18.5. The Morgan fingerprint density at radius 2 is 2.00 bits per heavy atom. The van der Waals surface area contributed by atoms with Crippen molar-refractivity contribution in [2.75, 3.05) is 39.8 Å². The molecule has 2 aromatic carbocycles. The molecule has 6 nitrogen and oxygen atoms in total. The predicted molar refractivity (Wildman–Crippen MR) is 137 cm³/mol. The standard InChI is InChI=1S/C23H29ClN4O2.HI/c1-25-23(26-11-13-30-21-9-5-8-20(24)15-21)27-16-19-14-22(29)28(17-19)12-10-18-6-3-2-4-7-18;/h2-9,15,19H,10-14,16-17H2,1H3,(H2,25,26,27);1H. The van der Waals surface area contributed by atoms with E-state index in [2.05, 4.69) is 27.8 Å². The molecule has 3 rings (SSSR count). The molecule has 31 heavy (non-hydrogen) atoms. The van der Waals surface area contributed by atoms with E-state index in [9.17, 15) is 4.79 Å². The zero-order valence-electron chi connectivity index (χ0n) is 17.7. The van der Waals surface area contributed by atoms with Crippen LogP contribution in [-0.4, -0.2) is 56.6 Å². The Kier molecular flexibility index (Phi) is 10.9. The van der Waals surface area contributed by atoms with Crippen LogP contribution in [0.5, 0.6) is 5.75 Å². The lowest BCUT2D eigenvalue weighted by molar-refractivity contribution is -0.127.